The minimum absolute atomic E-state index is 0.00703. The number of alkyl carbamates (subject to hydrolysis) is 1. The summed E-state index contributed by atoms with van der Waals surface area (Å²) in [6, 6.07) is 13.1. The van der Waals surface area contributed by atoms with Gasteiger partial charge in [-0.15, -0.1) is 0 Å². The fraction of sp³-hybridized carbons (Fsp3) is 0.529. The third-order valence-electron chi connectivity index (χ3n) is 8.81. The lowest BCUT2D eigenvalue weighted by Crippen LogP contribution is -2.51. The summed E-state index contributed by atoms with van der Waals surface area (Å²) in [5, 5.41) is 17.2. The number of aliphatic hydroxyl groups excluding tert-OH is 1. The maximum Gasteiger partial charge on any atom is 0.407 e. The van der Waals surface area contributed by atoms with Gasteiger partial charge in [0.15, 0.2) is 6.29 Å². The van der Waals surface area contributed by atoms with Crippen molar-refractivity contribution < 1.29 is 37.3 Å². The molecule has 0 unspecified atom stereocenters. The van der Waals surface area contributed by atoms with E-state index in [9.17, 15) is 23.1 Å². The van der Waals surface area contributed by atoms with E-state index in [2.05, 4.69) is 10.6 Å². The van der Waals surface area contributed by atoms with Gasteiger partial charge in [0, 0.05) is 43.6 Å². The van der Waals surface area contributed by atoms with Crippen LogP contribution >= 0.6 is 0 Å². The molecule has 0 spiro atoms. The van der Waals surface area contributed by atoms with Crippen molar-refractivity contribution in [3.8, 4) is 0 Å². The Bertz CT molecular complexity index is 1550. The highest BCUT2D eigenvalue weighted by Gasteiger charge is 2.44. The average molecular weight is 671 g/mol. The molecule has 2 fully saturated rings. The van der Waals surface area contributed by atoms with Crippen molar-refractivity contribution in [2.75, 3.05) is 44.7 Å². The largest absolute Gasteiger partial charge is 0.443 e. The second-order valence-corrected chi connectivity index (χ2v) is 14.6. The van der Waals surface area contributed by atoms with Gasteiger partial charge in [-0.2, -0.15) is 4.31 Å². The van der Waals surface area contributed by atoms with Crippen LogP contribution < -0.4 is 10.6 Å². The number of aliphatic hydroxyl groups is 1. The van der Waals surface area contributed by atoms with Crippen LogP contribution in [0.5, 0.6) is 0 Å². The van der Waals surface area contributed by atoms with Crippen LogP contribution in [0.25, 0.3) is 5.57 Å². The maximum absolute atomic E-state index is 14.2. The van der Waals surface area contributed by atoms with Crippen LogP contribution in [0.3, 0.4) is 0 Å². The van der Waals surface area contributed by atoms with Crippen molar-refractivity contribution in [1.29, 1.82) is 0 Å². The molecule has 256 valence electrons. The number of rotatable bonds is 14. The fourth-order valence-corrected chi connectivity index (χ4v) is 7.88. The second kappa shape index (κ2) is 15.2. The molecule has 0 aromatic heterocycles. The normalized spacial score (nSPS) is 22.7. The second-order valence-electron chi connectivity index (χ2n) is 12.6. The molecule has 2 saturated heterocycles. The molecule has 0 bridgehead atoms. The van der Waals surface area contributed by atoms with Crippen molar-refractivity contribution in [3.63, 3.8) is 0 Å². The predicted octanol–water partition coefficient (Wildman–Crippen LogP) is 3.43. The zero-order chi connectivity index (χ0) is 33.7. The molecule has 2 amide bonds. The Labute approximate surface area is 277 Å². The zero-order valence-corrected chi connectivity index (χ0v) is 28.2. The molecule has 13 heteroatoms. The Balaban J connectivity index is 1.38. The van der Waals surface area contributed by atoms with Gasteiger partial charge in [0.1, 0.15) is 6.10 Å². The zero-order valence-electron chi connectivity index (χ0n) is 27.4. The van der Waals surface area contributed by atoms with Crippen LogP contribution in [0.2, 0.25) is 0 Å². The molecule has 3 aliphatic heterocycles. The number of carbonyl (C=O) groups excluding carboxylic acids is 2. The van der Waals surface area contributed by atoms with E-state index in [0.29, 0.717) is 36.5 Å². The summed E-state index contributed by atoms with van der Waals surface area (Å²) in [4.78, 5) is 27.9. The Morgan fingerprint density at radius 2 is 1.87 bits per heavy atom. The topological polar surface area (TPSA) is 147 Å². The smallest absolute Gasteiger partial charge is 0.407 e. The summed E-state index contributed by atoms with van der Waals surface area (Å²) in [7, 11) is -4.14. The lowest BCUT2D eigenvalue weighted by atomic mass is 10.0. The number of benzene rings is 2. The van der Waals surface area contributed by atoms with E-state index in [4.69, 9.17) is 14.2 Å². The van der Waals surface area contributed by atoms with Gasteiger partial charge in [-0.3, -0.25) is 4.79 Å². The van der Waals surface area contributed by atoms with Crippen LogP contribution in [-0.2, 0) is 35.4 Å². The summed E-state index contributed by atoms with van der Waals surface area (Å²) < 4.78 is 46.5. The fourth-order valence-electron chi connectivity index (χ4n) is 6.23. The van der Waals surface area contributed by atoms with E-state index in [-0.39, 0.29) is 55.0 Å². The van der Waals surface area contributed by atoms with E-state index in [1.54, 1.807) is 12.3 Å². The van der Waals surface area contributed by atoms with Crippen LogP contribution in [-0.4, -0.2) is 98.7 Å². The number of anilines is 1. The minimum atomic E-state index is -4.14. The molecule has 47 heavy (non-hydrogen) atoms. The van der Waals surface area contributed by atoms with Gasteiger partial charge in [0.25, 0.3) is 5.91 Å². The molecule has 0 saturated carbocycles. The van der Waals surface area contributed by atoms with Gasteiger partial charge in [-0.25, -0.2) is 13.2 Å². The third-order valence-corrected chi connectivity index (χ3v) is 10.6. The molecule has 12 nitrogen and oxygen atoms in total. The molecule has 0 aliphatic carbocycles. The first kappa shape index (κ1) is 34.8. The first-order chi connectivity index (χ1) is 22.5. The van der Waals surface area contributed by atoms with Gasteiger partial charge in [-0.05, 0) is 56.4 Å². The standard InChI is InChI=1S/C34H46N4O8S/c1-5-37(6-2)19-27-26-17-24(12-13-28(26)35-32(27)40)47(42,43)38(18-22(3)4)20-30(39)29(16-23-10-8-7-9-11-23)36-34(41)46-31-21-45-33-25(31)14-15-44-33/h7-13,17,19,22,25,29-31,33,39H,5-6,14-16,18,20-21H2,1-4H3,(H,35,40)(H,36,41)/b27-19-/t25-,29-,30+,31-,33+/m0/s1. The highest BCUT2D eigenvalue weighted by atomic mass is 32.2. The molecule has 5 rings (SSSR count). The highest BCUT2D eigenvalue weighted by Crippen LogP contribution is 2.35. The summed E-state index contributed by atoms with van der Waals surface area (Å²) in [5.74, 6) is -0.412. The van der Waals surface area contributed by atoms with E-state index >= 15 is 0 Å². The number of ether oxygens (including phenoxy) is 3. The number of nitrogens with zero attached hydrogens (tertiary/aromatic N) is 2. The predicted molar refractivity (Wildman–Crippen MR) is 177 cm³/mol. The minimum Gasteiger partial charge on any atom is -0.443 e. The lowest BCUT2D eigenvalue weighted by molar-refractivity contribution is -0.110. The summed E-state index contributed by atoms with van der Waals surface area (Å²) >= 11 is 0. The molecule has 0 radical (unpaired) electrons. The first-order valence-corrected chi connectivity index (χ1v) is 17.8. The lowest BCUT2D eigenvalue weighted by Gasteiger charge is -2.31. The first-order valence-electron chi connectivity index (χ1n) is 16.3. The SMILES string of the molecule is CCN(/C=C1\C(=O)Nc2ccc(S(=O)(=O)N(CC(C)C)C[C@@H](O)[C@H](Cc3ccccc3)NC(=O)O[C@H]3CO[C@H]4OCC[C@H]43)cc21)CC. The third kappa shape index (κ3) is 8.15. The van der Waals surface area contributed by atoms with E-state index in [0.717, 1.165) is 12.0 Å². The molecule has 3 N–H and O–H groups in total. The molecular formula is C34H46N4O8S. The van der Waals surface area contributed by atoms with Crippen molar-refractivity contribution >= 4 is 33.3 Å². The summed E-state index contributed by atoms with van der Waals surface area (Å²) in [6.07, 6.45) is -0.136. The Kier molecular flexibility index (Phi) is 11.2. The van der Waals surface area contributed by atoms with Crippen molar-refractivity contribution in [2.45, 2.75) is 70.0 Å². The van der Waals surface area contributed by atoms with Crippen molar-refractivity contribution in [1.82, 2.24) is 14.5 Å². The van der Waals surface area contributed by atoms with Crippen LogP contribution in [0.15, 0.2) is 59.6 Å². The Morgan fingerprint density at radius 3 is 2.57 bits per heavy atom. The average Bonchev–Trinajstić information content (AvgIpc) is 3.74. The van der Waals surface area contributed by atoms with Crippen molar-refractivity contribution in [2.24, 2.45) is 11.8 Å². The van der Waals surface area contributed by atoms with E-state index in [1.807, 2.05) is 62.9 Å². The Morgan fingerprint density at radius 1 is 1.13 bits per heavy atom. The quantitative estimate of drug-likeness (QED) is 0.257. The van der Waals surface area contributed by atoms with Gasteiger partial charge in [0.2, 0.25) is 10.0 Å². The van der Waals surface area contributed by atoms with Crippen molar-refractivity contribution in [3.05, 3.63) is 65.9 Å². The maximum atomic E-state index is 14.2. The molecule has 2 aromatic carbocycles. The molecular weight excluding hydrogens is 624 g/mol. The summed E-state index contributed by atoms with van der Waals surface area (Å²) in [5.41, 5.74) is 2.29. The number of hydrogen-bond acceptors (Lipinski definition) is 9. The number of hydrogen-bond donors (Lipinski definition) is 3. The van der Waals surface area contributed by atoms with E-state index < -0.39 is 34.4 Å². The molecule has 3 heterocycles. The molecule has 2 aromatic rings. The van der Waals surface area contributed by atoms with E-state index in [1.165, 1.54) is 16.4 Å². The van der Waals surface area contributed by atoms with Gasteiger partial charge in [0.05, 0.1) is 41.7 Å². The Hall–Kier alpha value is -3.49. The molecule has 3 aliphatic rings. The number of fused-ring (bicyclic) bond motifs is 2. The number of carbonyl (C=O) groups is 2. The van der Waals surface area contributed by atoms with Gasteiger partial charge >= 0.3 is 6.09 Å². The van der Waals surface area contributed by atoms with Gasteiger partial charge in [-0.1, -0.05) is 44.2 Å². The van der Waals surface area contributed by atoms with Crippen LogP contribution in [0.4, 0.5) is 10.5 Å². The van der Waals surface area contributed by atoms with Crippen LogP contribution in [0, 0.1) is 11.8 Å². The highest BCUT2D eigenvalue weighted by molar-refractivity contribution is 7.89. The molecule has 5 atom stereocenters. The number of nitrogens with one attached hydrogen (secondary N) is 2. The van der Waals surface area contributed by atoms with Crippen LogP contribution in [0.1, 0.15) is 45.2 Å². The number of amides is 2. The van der Waals surface area contributed by atoms with Gasteiger partial charge < -0.3 is 34.9 Å². The number of sulfonamides is 1. The monoisotopic (exact) mass is 670 g/mol. The summed E-state index contributed by atoms with van der Waals surface area (Å²) in [6.45, 7) is 9.74.